The van der Waals surface area contributed by atoms with Gasteiger partial charge in [0, 0.05) is 0 Å². The average molecular weight is 224 g/mol. The maximum Gasteiger partial charge on any atom is 1.00 e. The molecule has 0 spiro atoms. The van der Waals surface area contributed by atoms with E-state index in [1.54, 1.807) is 23.4 Å². The molecule has 0 aromatic heterocycles. The van der Waals surface area contributed by atoms with Crippen LogP contribution in [0, 0.1) is 0 Å². The Hall–Kier alpha value is 2.60. The summed E-state index contributed by atoms with van der Waals surface area (Å²) in [6.07, 6.45) is 4.66. The SMILES string of the molecule is C1C[CH2][AlH][CH2]C1.O=S([O-])[O-].[Na+].[Na+]. The first-order valence-corrected chi connectivity index (χ1v) is 6.50. The van der Waals surface area contributed by atoms with Crippen LogP contribution in [0.1, 0.15) is 19.3 Å². The van der Waals surface area contributed by atoms with Gasteiger partial charge in [-0.05, 0) is 0 Å². The van der Waals surface area contributed by atoms with Crippen molar-refractivity contribution in [3.63, 3.8) is 0 Å². The molecule has 1 aliphatic heterocycles. The summed E-state index contributed by atoms with van der Waals surface area (Å²) in [6, 6.07) is 0. The van der Waals surface area contributed by atoms with E-state index in [0.29, 0.717) is 15.2 Å². The van der Waals surface area contributed by atoms with E-state index in [0.717, 1.165) is 0 Å². The van der Waals surface area contributed by atoms with Crippen molar-refractivity contribution in [3.8, 4) is 0 Å². The van der Waals surface area contributed by atoms with E-state index in [9.17, 15) is 0 Å². The first-order valence-electron chi connectivity index (χ1n) is 3.50. The van der Waals surface area contributed by atoms with Gasteiger partial charge in [-0.25, -0.2) is 0 Å². The van der Waals surface area contributed by atoms with Gasteiger partial charge >= 0.3 is 59.1 Å². The van der Waals surface area contributed by atoms with Gasteiger partial charge in [-0.1, -0.05) is 29.8 Å². The Morgan fingerprint density at radius 1 is 1.00 bits per heavy atom. The second-order valence-electron chi connectivity index (χ2n) is 2.33. The predicted molar refractivity (Wildman–Crippen MR) is 40.3 cm³/mol. The molecule has 0 unspecified atom stereocenters. The van der Waals surface area contributed by atoms with E-state index >= 15 is 0 Å². The molecule has 1 fully saturated rings. The molecule has 0 aromatic carbocycles. The van der Waals surface area contributed by atoms with Crippen molar-refractivity contribution in [2.24, 2.45) is 0 Å². The quantitative estimate of drug-likeness (QED) is 0.304. The molecule has 7 heteroatoms. The fraction of sp³-hybridized carbons (Fsp3) is 1.00. The summed E-state index contributed by atoms with van der Waals surface area (Å²) in [4.78, 5) is 0. The summed E-state index contributed by atoms with van der Waals surface area (Å²) in [5.41, 5.74) is 0. The Kier molecular flexibility index (Phi) is 26.8. The smallest absolute Gasteiger partial charge is 0.784 e. The monoisotopic (exact) mass is 224 g/mol. The zero-order chi connectivity index (χ0) is 7.82. The van der Waals surface area contributed by atoms with Gasteiger partial charge in [0.25, 0.3) is 0 Å². The molecule has 0 aliphatic carbocycles. The Morgan fingerprint density at radius 2 is 1.33 bits per heavy atom. The summed E-state index contributed by atoms with van der Waals surface area (Å²) in [5.74, 6) is 0. The van der Waals surface area contributed by atoms with Gasteiger partial charge < -0.3 is 9.11 Å². The van der Waals surface area contributed by atoms with Crippen LogP contribution >= 0.6 is 0 Å². The van der Waals surface area contributed by atoms with Gasteiger partial charge in [-0.2, -0.15) is 0 Å². The summed E-state index contributed by atoms with van der Waals surface area (Å²) < 4.78 is 25.3. The van der Waals surface area contributed by atoms with E-state index in [2.05, 4.69) is 0 Å². The van der Waals surface area contributed by atoms with Crippen molar-refractivity contribution in [2.45, 2.75) is 29.8 Å². The molecule has 0 amide bonds. The largest absolute Gasteiger partial charge is 1.00 e. The van der Waals surface area contributed by atoms with Crippen LogP contribution in [0.15, 0.2) is 0 Å². The molecule has 0 aromatic rings. The Balaban J connectivity index is -0.000000124. The molecule has 0 atom stereocenters. The van der Waals surface area contributed by atoms with E-state index < -0.39 is 11.4 Å². The Morgan fingerprint density at radius 3 is 1.42 bits per heavy atom. The molecule has 0 radical (unpaired) electrons. The minimum absolute atomic E-state index is 0. The van der Waals surface area contributed by atoms with Crippen molar-refractivity contribution < 1.29 is 72.4 Å². The van der Waals surface area contributed by atoms with E-state index in [1.165, 1.54) is 6.42 Å². The van der Waals surface area contributed by atoms with Crippen LogP contribution in [0.25, 0.3) is 0 Å². The topological polar surface area (TPSA) is 63.2 Å². The molecule has 60 valence electrons. The third-order valence-corrected chi connectivity index (χ3v) is 3.50. The zero-order valence-corrected chi connectivity index (χ0v) is 14.1. The summed E-state index contributed by atoms with van der Waals surface area (Å²) in [7, 11) is 0. The molecule has 0 saturated carbocycles. The van der Waals surface area contributed by atoms with E-state index in [4.69, 9.17) is 13.3 Å². The molecule has 1 aliphatic rings. The van der Waals surface area contributed by atoms with Gasteiger partial charge in [0.2, 0.25) is 15.2 Å². The van der Waals surface area contributed by atoms with Crippen molar-refractivity contribution >= 4 is 26.6 Å². The van der Waals surface area contributed by atoms with Crippen LogP contribution in [0.3, 0.4) is 0 Å². The average Bonchev–Trinajstić information content (AvgIpc) is 1.90. The Bertz CT molecular complexity index is 87.2. The molecule has 0 bridgehead atoms. The minimum atomic E-state index is -3.11. The minimum Gasteiger partial charge on any atom is -0.784 e. The molecule has 1 heterocycles. The number of hydrogen-bond acceptors (Lipinski definition) is 3. The molecular formula is C5H11AlNa2O3S. The second-order valence-corrected chi connectivity index (χ2v) is 4.86. The number of rotatable bonds is 0. The van der Waals surface area contributed by atoms with Crippen LogP contribution < -0.4 is 59.1 Å². The molecule has 1 rings (SSSR count). The first-order chi connectivity index (χ1) is 4.73. The van der Waals surface area contributed by atoms with Gasteiger partial charge in [-0.3, -0.25) is 4.21 Å². The van der Waals surface area contributed by atoms with Crippen LogP contribution in [-0.2, 0) is 11.4 Å². The zero-order valence-electron chi connectivity index (χ0n) is 7.88. The van der Waals surface area contributed by atoms with Crippen LogP contribution in [-0.4, -0.2) is 28.5 Å². The summed E-state index contributed by atoms with van der Waals surface area (Å²) in [6.45, 7) is 0. The summed E-state index contributed by atoms with van der Waals surface area (Å²) in [5, 5.41) is 3.28. The molecule has 0 N–H and O–H groups in total. The fourth-order valence-corrected chi connectivity index (χ4v) is 2.83. The maximum atomic E-state index is 8.44. The fourth-order valence-electron chi connectivity index (χ4n) is 1.06. The van der Waals surface area contributed by atoms with Gasteiger partial charge in [0.15, 0.2) is 0 Å². The first kappa shape index (κ1) is 20.1. The van der Waals surface area contributed by atoms with Crippen molar-refractivity contribution in [2.75, 3.05) is 0 Å². The molecule has 1 saturated heterocycles. The van der Waals surface area contributed by atoms with Crippen LogP contribution in [0.4, 0.5) is 0 Å². The third-order valence-electron chi connectivity index (χ3n) is 1.50. The van der Waals surface area contributed by atoms with Gasteiger partial charge in [0.05, 0.1) is 0 Å². The van der Waals surface area contributed by atoms with Gasteiger partial charge in [0.1, 0.15) is 0 Å². The predicted octanol–water partition coefficient (Wildman–Crippen LogP) is -5.55. The molecular weight excluding hydrogens is 213 g/mol. The van der Waals surface area contributed by atoms with Gasteiger partial charge in [-0.15, -0.1) is 11.4 Å². The normalized spacial score (nSPS) is 14.2. The van der Waals surface area contributed by atoms with Crippen LogP contribution in [0.2, 0.25) is 10.6 Å². The number of hydrogen-bond donors (Lipinski definition) is 0. The van der Waals surface area contributed by atoms with Crippen LogP contribution in [0.5, 0.6) is 0 Å². The standard InChI is InChI=1S/C5H10.Al.2Na.H2O3S.H/c1-3-5-4-2;;;;1-4(2)3;/h1-5H2;;;;(H2,1,2,3);/q;;2*+1;;/p-2. The maximum absolute atomic E-state index is 8.44. The van der Waals surface area contributed by atoms with Crippen molar-refractivity contribution in [1.82, 2.24) is 0 Å². The van der Waals surface area contributed by atoms with E-state index in [1.807, 2.05) is 0 Å². The van der Waals surface area contributed by atoms with E-state index in [-0.39, 0.29) is 59.1 Å². The van der Waals surface area contributed by atoms with Crippen molar-refractivity contribution in [3.05, 3.63) is 0 Å². The third kappa shape index (κ3) is 22.9. The Labute approximate surface area is 127 Å². The van der Waals surface area contributed by atoms with Crippen molar-refractivity contribution in [1.29, 1.82) is 0 Å². The second kappa shape index (κ2) is 16.0. The molecule has 3 nitrogen and oxygen atoms in total. The summed E-state index contributed by atoms with van der Waals surface area (Å²) >= 11 is -2.60. The molecule has 12 heavy (non-hydrogen) atoms.